The van der Waals surface area contributed by atoms with Crippen LogP contribution in [0.1, 0.15) is 5.56 Å². The molecule has 0 aliphatic heterocycles. The fourth-order valence-electron chi connectivity index (χ4n) is 1.63. The number of nitrogens with one attached hydrogen (secondary N) is 1. The first-order valence-electron chi connectivity index (χ1n) is 5.91. The van der Waals surface area contributed by atoms with Crippen molar-refractivity contribution in [1.29, 1.82) is 0 Å². The van der Waals surface area contributed by atoms with Crippen LogP contribution in [-0.2, 0) is 11.2 Å². The highest BCUT2D eigenvalue weighted by Crippen LogP contribution is 2.25. The smallest absolute Gasteiger partial charge is 0.242 e. The molecule has 1 aromatic heterocycles. The number of phenolic OH excluding ortho intramolecular Hbond substituents is 2. The molecule has 0 aliphatic carbocycles. The summed E-state index contributed by atoms with van der Waals surface area (Å²) >= 11 is 0. The Morgan fingerprint density at radius 3 is 2.75 bits per heavy atom. The molecule has 0 saturated heterocycles. The third kappa shape index (κ3) is 3.42. The van der Waals surface area contributed by atoms with Gasteiger partial charge in [-0.1, -0.05) is 6.07 Å². The average molecular weight is 274 g/mol. The van der Waals surface area contributed by atoms with Crippen LogP contribution in [0.15, 0.2) is 36.5 Å². The van der Waals surface area contributed by atoms with Crippen molar-refractivity contribution in [3.63, 3.8) is 0 Å². The number of aromatic nitrogens is 2. The Morgan fingerprint density at radius 1 is 1.30 bits per heavy atom. The number of carbonyl (C=O) groups excluding carboxylic acids is 1. The zero-order chi connectivity index (χ0) is 14.5. The van der Waals surface area contributed by atoms with Gasteiger partial charge in [0.15, 0.2) is 17.3 Å². The van der Waals surface area contributed by atoms with Crippen LogP contribution in [0.25, 0.3) is 0 Å². The predicted molar refractivity (Wildman–Crippen MR) is 72.1 cm³/mol. The number of amides is 1. The number of carbonyl (C=O) groups is 1. The highest BCUT2D eigenvalue weighted by Gasteiger charge is 2.15. The Bertz CT molecular complexity index is 604. The van der Waals surface area contributed by atoms with Crippen molar-refractivity contribution in [3.8, 4) is 11.5 Å². The molecule has 0 fully saturated rings. The lowest BCUT2D eigenvalue weighted by Crippen LogP contribution is -2.37. The molecule has 0 saturated carbocycles. The molecule has 0 aliphatic rings. The zero-order valence-electron chi connectivity index (χ0n) is 10.5. The Balaban J connectivity index is 1.98. The molecule has 0 bridgehead atoms. The minimum atomic E-state index is -0.805. The molecule has 7 heteroatoms. The molecule has 0 unspecified atom stereocenters. The number of nitrogens with zero attached hydrogens (tertiary/aromatic N) is 2. The van der Waals surface area contributed by atoms with Crippen molar-refractivity contribution in [2.45, 2.75) is 12.5 Å². The molecule has 104 valence electrons. The number of benzene rings is 1. The van der Waals surface area contributed by atoms with Crippen molar-refractivity contribution in [1.82, 2.24) is 10.2 Å². The second-order valence-corrected chi connectivity index (χ2v) is 4.23. The van der Waals surface area contributed by atoms with E-state index in [2.05, 4.69) is 15.5 Å². The molecule has 2 aromatic rings. The van der Waals surface area contributed by atoms with E-state index in [0.717, 1.165) is 0 Å². The zero-order valence-corrected chi connectivity index (χ0v) is 10.5. The Kier molecular flexibility index (Phi) is 4.11. The monoisotopic (exact) mass is 274 g/mol. The maximum Gasteiger partial charge on any atom is 0.242 e. The molecule has 2 rings (SSSR count). The number of phenols is 2. The third-order valence-electron chi connectivity index (χ3n) is 2.66. The summed E-state index contributed by atoms with van der Waals surface area (Å²) in [5.41, 5.74) is 6.42. The van der Waals surface area contributed by atoms with Gasteiger partial charge in [0.25, 0.3) is 0 Å². The summed E-state index contributed by atoms with van der Waals surface area (Å²) in [4.78, 5) is 11.9. The Hall–Kier alpha value is -2.67. The van der Waals surface area contributed by atoms with Crippen molar-refractivity contribution in [3.05, 3.63) is 42.1 Å². The first-order valence-corrected chi connectivity index (χ1v) is 5.91. The molecule has 0 spiro atoms. The first-order chi connectivity index (χ1) is 9.56. The van der Waals surface area contributed by atoms with Crippen molar-refractivity contribution in [2.75, 3.05) is 5.32 Å². The largest absolute Gasteiger partial charge is 0.504 e. The lowest BCUT2D eigenvalue weighted by Gasteiger charge is -2.12. The minimum absolute atomic E-state index is 0.216. The van der Waals surface area contributed by atoms with Crippen molar-refractivity contribution in [2.24, 2.45) is 5.73 Å². The van der Waals surface area contributed by atoms with E-state index in [-0.39, 0.29) is 17.9 Å². The van der Waals surface area contributed by atoms with Gasteiger partial charge in [0.05, 0.1) is 6.04 Å². The number of rotatable bonds is 4. The summed E-state index contributed by atoms with van der Waals surface area (Å²) in [7, 11) is 0. The number of hydrogen-bond donors (Lipinski definition) is 4. The van der Waals surface area contributed by atoms with E-state index in [1.165, 1.54) is 18.3 Å². The summed E-state index contributed by atoms with van der Waals surface area (Å²) in [5, 5.41) is 28.5. The highest BCUT2D eigenvalue weighted by atomic mass is 16.3. The minimum Gasteiger partial charge on any atom is -0.504 e. The van der Waals surface area contributed by atoms with Gasteiger partial charge in [-0.25, -0.2) is 0 Å². The van der Waals surface area contributed by atoms with Crippen LogP contribution in [-0.4, -0.2) is 32.4 Å². The van der Waals surface area contributed by atoms with Crippen LogP contribution >= 0.6 is 0 Å². The van der Waals surface area contributed by atoms with E-state index in [9.17, 15) is 15.0 Å². The summed E-state index contributed by atoms with van der Waals surface area (Å²) in [6.07, 6.45) is 1.72. The van der Waals surface area contributed by atoms with E-state index >= 15 is 0 Å². The fourth-order valence-corrected chi connectivity index (χ4v) is 1.63. The van der Waals surface area contributed by atoms with Crippen molar-refractivity contribution < 1.29 is 15.0 Å². The van der Waals surface area contributed by atoms with Crippen LogP contribution < -0.4 is 11.1 Å². The van der Waals surface area contributed by atoms with Crippen LogP contribution in [0.5, 0.6) is 11.5 Å². The summed E-state index contributed by atoms with van der Waals surface area (Å²) in [5.74, 6) is -0.546. The molecule has 1 atom stereocenters. The Morgan fingerprint density at radius 2 is 2.10 bits per heavy atom. The topological polar surface area (TPSA) is 121 Å². The standard InChI is InChI=1S/C13H14N4O3/c14-9(6-8-3-4-10(18)11(19)7-8)13(20)16-12-2-1-5-15-17-12/h1-5,7,9,18-19H,6,14H2,(H,16,17,20)/t9-/m0/s1. The van der Waals surface area contributed by atoms with Gasteiger partial charge < -0.3 is 21.3 Å². The van der Waals surface area contributed by atoms with Gasteiger partial charge in [0.1, 0.15) is 0 Å². The van der Waals surface area contributed by atoms with Gasteiger partial charge in [0.2, 0.25) is 5.91 Å². The third-order valence-corrected chi connectivity index (χ3v) is 2.66. The second kappa shape index (κ2) is 5.98. The molecule has 0 radical (unpaired) electrons. The van der Waals surface area contributed by atoms with E-state index in [4.69, 9.17) is 5.73 Å². The lowest BCUT2D eigenvalue weighted by atomic mass is 10.1. The van der Waals surface area contributed by atoms with Crippen LogP contribution in [0.4, 0.5) is 5.82 Å². The summed E-state index contributed by atoms with van der Waals surface area (Å²) in [6.45, 7) is 0. The van der Waals surface area contributed by atoms with Gasteiger partial charge in [0, 0.05) is 6.20 Å². The van der Waals surface area contributed by atoms with E-state index in [1.54, 1.807) is 18.2 Å². The van der Waals surface area contributed by atoms with Crippen LogP contribution in [0.2, 0.25) is 0 Å². The molecule has 5 N–H and O–H groups in total. The maximum absolute atomic E-state index is 11.9. The predicted octanol–water partition coefficient (Wildman–Crippen LogP) is 0.396. The van der Waals surface area contributed by atoms with Crippen LogP contribution in [0, 0.1) is 0 Å². The van der Waals surface area contributed by atoms with Gasteiger partial charge in [-0.3, -0.25) is 4.79 Å². The first kappa shape index (κ1) is 13.8. The van der Waals surface area contributed by atoms with E-state index < -0.39 is 11.9 Å². The van der Waals surface area contributed by atoms with E-state index in [1.807, 2.05) is 0 Å². The Labute approximate surface area is 115 Å². The normalized spacial score (nSPS) is 11.8. The number of anilines is 1. The SMILES string of the molecule is N[C@@H](Cc1ccc(O)c(O)c1)C(=O)Nc1cccnn1. The molecular weight excluding hydrogens is 260 g/mol. The summed E-state index contributed by atoms with van der Waals surface area (Å²) < 4.78 is 0. The number of nitrogens with two attached hydrogens (primary N) is 1. The fraction of sp³-hybridized carbons (Fsp3) is 0.154. The van der Waals surface area contributed by atoms with Crippen molar-refractivity contribution >= 4 is 11.7 Å². The molecule has 1 aromatic carbocycles. The highest BCUT2D eigenvalue weighted by molar-refractivity contribution is 5.93. The van der Waals surface area contributed by atoms with Crippen LogP contribution in [0.3, 0.4) is 0 Å². The molecule has 20 heavy (non-hydrogen) atoms. The maximum atomic E-state index is 11.9. The summed E-state index contributed by atoms with van der Waals surface area (Å²) in [6, 6.07) is 6.74. The van der Waals surface area contributed by atoms with Gasteiger partial charge >= 0.3 is 0 Å². The van der Waals surface area contributed by atoms with Gasteiger partial charge in [-0.2, -0.15) is 5.10 Å². The van der Waals surface area contributed by atoms with E-state index in [0.29, 0.717) is 11.4 Å². The number of hydrogen-bond acceptors (Lipinski definition) is 6. The molecule has 1 amide bonds. The second-order valence-electron chi connectivity index (χ2n) is 4.23. The molecular formula is C13H14N4O3. The quantitative estimate of drug-likeness (QED) is 0.599. The number of aromatic hydroxyl groups is 2. The molecule has 7 nitrogen and oxygen atoms in total. The lowest BCUT2D eigenvalue weighted by molar-refractivity contribution is -0.117. The van der Waals surface area contributed by atoms with Gasteiger partial charge in [-0.05, 0) is 36.2 Å². The van der Waals surface area contributed by atoms with Gasteiger partial charge in [-0.15, -0.1) is 5.10 Å². The average Bonchev–Trinajstić information content (AvgIpc) is 2.44. The molecule has 1 heterocycles.